The summed E-state index contributed by atoms with van der Waals surface area (Å²) in [6.45, 7) is 2.54. The predicted molar refractivity (Wildman–Crippen MR) is 72.4 cm³/mol. The van der Waals surface area contributed by atoms with Gasteiger partial charge in [0.1, 0.15) is 0 Å². The molecule has 0 radical (unpaired) electrons. The molecule has 0 aromatic heterocycles. The number of hydrogen-bond donors (Lipinski definition) is 0. The average Bonchev–Trinajstić information content (AvgIpc) is 2.34. The smallest absolute Gasteiger partial charge is 0.550 e. The quantitative estimate of drug-likeness (QED) is 0.284. The summed E-state index contributed by atoms with van der Waals surface area (Å²) in [6, 6.07) is 0. The summed E-state index contributed by atoms with van der Waals surface area (Å²) < 4.78 is 4.34. The molecule has 0 unspecified atom stereocenters. The van der Waals surface area contributed by atoms with Crippen molar-refractivity contribution in [2.75, 3.05) is 6.61 Å². The molecular weight excluding hydrogens is 235 g/mol. The van der Waals surface area contributed by atoms with Gasteiger partial charge >= 0.3 is 18.9 Å². The van der Waals surface area contributed by atoms with E-state index in [1.807, 2.05) is 0 Å². The summed E-state index contributed by atoms with van der Waals surface area (Å²) >= 11 is 0. The molecular formula is C15H29LiO3. The van der Waals surface area contributed by atoms with Gasteiger partial charge in [-0.15, -0.1) is 0 Å². The molecule has 19 heavy (non-hydrogen) atoms. The minimum Gasteiger partial charge on any atom is -0.550 e. The number of ether oxygens (including phenoxy) is 1. The zero-order chi connectivity index (χ0) is 13.5. The van der Waals surface area contributed by atoms with E-state index in [1.165, 1.54) is 64.2 Å². The SMILES string of the molecule is CCCCCCCCCCCCCCOC(=O)[O-].[Li+]. The van der Waals surface area contributed by atoms with Crippen LogP contribution in [0.15, 0.2) is 0 Å². The minimum atomic E-state index is -1.40. The van der Waals surface area contributed by atoms with Crippen molar-refractivity contribution in [1.82, 2.24) is 0 Å². The second-order valence-electron chi connectivity index (χ2n) is 4.99. The van der Waals surface area contributed by atoms with Crippen LogP contribution < -0.4 is 24.0 Å². The fraction of sp³-hybridized carbons (Fsp3) is 0.933. The minimum absolute atomic E-state index is 0. The second kappa shape index (κ2) is 17.9. The molecule has 0 N–H and O–H groups in total. The molecule has 0 atom stereocenters. The molecule has 0 aliphatic rings. The third-order valence-electron chi connectivity index (χ3n) is 3.22. The number of carbonyl (C=O) groups excluding carboxylic acids is 1. The molecule has 0 saturated heterocycles. The van der Waals surface area contributed by atoms with Crippen LogP contribution in [0.3, 0.4) is 0 Å². The molecule has 108 valence electrons. The molecule has 0 rings (SSSR count). The van der Waals surface area contributed by atoms with Crippen LogP contribution in [0.4, 0.5) is 4.79 Å². The third-order valence-corrected chi connectivity index (χ3v) is 3.22. The van der Waals surface area contributed by atoms with E-state index >= 15 is 0 Å². The van der Waals surface area contributed by atoms with Gasteiger partial charge in [0.2, 0.25) is 0 Å². The first kappa shape index (κ1) is 21.2. The summed E-state index contributed by atoms with van der Waals surface area (Å²) in [5.41, 5.74) is 0. The number of unbranched alkanes of at least 4 members (excludes halogenated alkanes) is 11. The molecule has 0 heterocycles. The van der Waals surface area contributed by atoms with Gasteiger partial charge in [0, 0.05) is 6.61 Å². The number of carboxylic acid groups (broad SMARTS) is 1. The topological polar surface area (TPSA) is 49.4 Å². The van der Waals surface area contributed by atoms with Crippen LogP contribution in [0.25, 0.3) is 0 Å². The standard InChI is InChI=1S/C15H30O3.Li/c1-2-3-4-5-6-7-8-9-10-11-12-13-14-18-15(16)17;/h2-14H2,1H3,(H,16,17);/q;+1/p-1. The van der Waals surface area contributed by atoms with Crippen molar-refractivity contribution in [1.29, 1.82) is 0 Å². The van der Waals surface area contributed by atoms with Crippen molar-refractivity contribution in [3.05, 3.63) is 0 Å². The van der Waals surface area contributed by atoms with Gasteiger partial charge in [0.15, 0.2) is 0 Å². The van der Waals surface area contributed by atoms with Crippen LogP contribution in [-0.2, 0) is 4.74 Å². The second-order valence-corrected chi connectivity index (χ2v) is 4.99. The Bertz CT molecular complexity index is 186. The average molecular weight is 264 g/mol. The molecule has 0 saturated carbocycles. The summed E-state index contributed by atoms with van der Waals surface area (Å²) in [5.74, 6) is 0. The van der Waals surface area contributed by atoms with Crippen LogP contribution in [-0.4, -0.2) is 12.8 Å². The van der Waals surface area contributed by atoms with Crippen molar-refractivity contribution in [2.24, 2.45) is 0 Å². The molecule has 0 bridgehead atoms. The maximum Gasteiger partial charge on any atom is 1.00 e. The molecule has 4 heteroatoms. The molecule has 0 fully saturated rings. The Hall–Kier alpha value is -0.133. The van der Waals surface area contributed by atoms with Gasteiger partial charge in [-0.1, -0.05) is 77.6 Å². The van der Waals surface area contributed by atoms with Crippen molar-refractivity contribution in [3.63, 3.8) is 0 Å². The van der Waals surface area contributed by atoms with Gasteiger partial charge in [-0.05, 0) is 6.42 Å². The van der Waals surface area contributed by atoms with Crippen LogP contribution >= 0.6 is 0 Å². The van der Waals surface area contributed by atoms with Gasteiger partial charge in [-0.3, -0.25) is 0 Å². The fourth-order valence-electron chi connectivity index (χ4n) is 2.10. The summed E-state index contributed by atoms with van der Waals surface area (Å²) in [6.07, 6.45) is 13.9. The van der Waals surface area contributed by atoms with Crippen molar-refractivity contribution in [3.8, 4) is 0 Å². The summed E-state index contributed by atoms with van der Waals surface area (Å²) in [5, 5.41) is 9.97. The van der Waals surface area contributed by atoms with E-state index in [1.54, 1.807) is 0 Å². The molecule has 0 aliphatic carbocycles. The first-order valence-electron chi connectivity index (χ1n) is 7.61. The van der Waals surface area contributed by atoms with Crippen molar-refractivity contribution < 1.29 is 33.5 Å². The van der Waals surface area contributed by atoms with E-state index in [0.29, 0.717) is 6.61 Å². The zero-order valence-corrected chi connectivity index (χ0v) is 12.9. The van der Waals surface area contributed by atoms with E-state index < -0.39 is 6.16 Å². The summed E-state index contributed by atoms with van der Waals surface area (Å²) in [7, 11) is 0. The predicted octanol–water partition coefficient (Wildman–Crippen LogP) is 1.05. The Balaban J connectivity index is 0. The molecule has 0 amide bonds. The fourth-order valence-corrected chi connectivity index (χ4v) is 2.10. The van der Waals surface area contributed by atoms with Crippen molar-refractivity contribution in [2.45, 2.75) is 84.0 Å². The zero-order valence-electron chi connectivity index (χ0n) is 12.9. The largest absolute Gasteiger partial charge is 1.00 e. The first-order valence-corrected chi connectivity index (χ1v) is 7.61. The first-order chi connectivity index (χ1) is 8.77. The Morgan fingerprint density at radius 1 is 0.789 bits per heavy atom. The Labute approximate surface area is 130 Å². The monoisotopic (exact) mass is 264 g/mol. The molecule has 0 aromatic carbocycles. The van der Waals surface area contributed by atoms with Gasteiger partial charge in [0.25, 0.3) is 6.16 Å². The van der Waals surface area contributed by atoms with Crippen LogP contribution in [0.1, 0.15) is 84.0 Å². The number of rotatable bonds is 13. The normalized spacial score (nSPS) is 9.95. The molecule has 3 nitrogen and oxygen atoms in total. The molecule has 0 aromatic rings. The van der Waals surface area contributed by atoms with Gasteiger partial charge in [-0.25, -0.2) is 0 Å². The Morgan fingerprint density at radius 3 is 1.53 bits per heavy atom. The van der Waals surface area contributed by atoms with E-state index in [0.717, 1.165) is 12.8 Å². The van der Waals surface area contributed by atoms with E-state index in [4.69, 9.17) is 0 Å². The Kier molecular flexibility index (Phi) is 19.9. The van der Waals surface area contributed by atoms with Crippen molar-refractivity contribution >= 4 is 6.16 Å². The number of carbonyl (C=O) groups is 1. The van der Waals surface area contributed by atoms with Gasteiger partial charge in [-0.2, -0.15) is 0 Å². The maximum absolute atomic E-state index is 9.97. The van der Waals surface area contributed by atoms with Crippen LogP contribution in [0.5, 0.6) is 0 Å². The molecule has 0 spiro atoms. The van der Waals surface area contributed by atoms with Crippen LogP contribution in [0, 0.1) is 0 Å². The van der Waals surface area contributed by atoms with E-state index in [-0.39, 0.29) is 18.9 Å². The maximum atomic E-state index is 9.97. The van der Waals surface area contributed by atoms with E-state index in [9.17, 15) is 9.90 Å². The number of hydrogen-bond acceptors (Lipinski definition) is 3. The van der Waals surface area contributed by atoms with Gasteiger partial charge < -0.3 is 14.6 Å². The van der Waals surface area contributed by atoms with E-state index in [2.05, 4.69) is 11.7 Å². The van der Waals surface area contributed by atoms with Crippen LogP contribution in [0.2, 0.25) is 0 Å². The van der Waals surface area contributed by atoms with Gasteiger partial charge in [0.05, 0.1) is 0 Å². The summed E-state index contributed by atoms with van der Waals surface area (Å²) in [4.78, 5) is 9.97. The Morgan fingerprint density at radius 2 is 1.16 bits per heavy atom. The molecule has 0 aliphatic heterocycles. The third kappa shape index (κ3) is 20.4.